The molecule has 7 heteroatoms. The predicted molar refractivity (Wildman–Crippen MR) is 81.9 cm³/mol. The molecule has 3 N–H and O–H groups in total. The van der Waals surface area contributed by atoms with Crippen molar-refractivity contribution in [2.24, 2.45) is 10.6 Å². The van der Waals surface area contributed by atoms with Crippen LogP contribution in [0.15, 0.2) is 17.0 Å². The summed E-state index contributed by atoms with van der Waals surface area (Å²) < 4.78 is 23.1. The van der Waals surface area contributed by atoms with Crippen molar-refractivity contribution >= 4 is 27.5 Å². The van der Waals surface area contributed by atoms with Crippen LogP contribution < -0.4 is 10.5 Å². The maximum absolute atomic E-state index is 12.2. The Morgan fingerprint density at radius 3 is 2.52 bits per heavy atom. The molecule has 0 unspecified atom stereocenters. The summed E-state index contributed by atoms with van der Waals surface area (Å²) in [6.45, 7) is 4.25. The number of rotatable bonds is 4. The molecule has 0 aromatic heterocycles. The van der Waals surface area contributed by atoms with Crippen molar-refractivity contribution in [1.29, 1.82) is 0 Å². The molecule has 1 aromatic rings. The number of carbonyl (C=O) groups is 1. The van der Waals surface area contributed by atoms with Crippen LogP contribution in [0.1, 0.15) is 42.1 Å². The second-order valence-electron chi connectivity index (χ2n) is 5.97. The lowest BCUT2D eigenvalue weighted by molar-refractivity contribution is 0.0890. The Bertz CT molecular complexity index is 682. The first-order valence-corrected chi connectivity index (χ1v) is 8.66. The summed E-state index contributed by atoms with van der Waals surface area (Å²) in [6, 6.07) is 2.74. The number of benzene rings is 1. The van der Waals surface area contributed by atoms with Crippen molar-refractivity contribution in [2.75, 3.05) is 6.54 Å². The number of carbonyl (C=O) groups excluding carboxylic acids is 1. The molecule has 5 nitrogen and oxygen atoms in total. The quantitative estimate of drug-likeness (QED) is 0.887. The molecular formula is C14H19ClN2O3S. The lowest BCUT2D eigenvalue weighted by Crippen LogP contribution is -2.40. The third kappa shape index (κ3) is 3.56. The maximum Gasteiger partial charge on any atom is 0.251 e. The van der Waals surface area contributed by atoms with Crippen LogP contribution in [0, 0.1) is 12.3 Å². The Labute approximate surface area is 129 Å². The Kier molecular flexibility index (Phi) is 4.33. The number of sulfonamides is 1. The summed E-state index contributed by atoms with van der Waals surface area (Å²) in [5.74, 6) is -0.338. The van der Waals surface area contributed by atoms with Crippen molar-refractivity contribution in [3.05, 3.63) is 28.3 Å². The average Bonchev–Trinajstić information content (AvgIpc) is 2.35. The zero-order chi connectivity index (χ0) is 15.8. The van der Waals surface area contributed by atoms with Gasteiger partial charge in [0.05, 0.1) is 4.90 Å². The molecular weight excluding hydrogens is 312 g/mol. The fourth-order valence-corrected chi connectivity index (χ4v) is 3.54. The molecule has 0 spiro atoms. The van der Waals surface area contributed by atoms with Crippen LogP contribution in [0.3, 0.4) is 0 Å². The van der Waals surface area contributed by atoms with Gasteiger partial charge in [-0.3, -0.25) is 4.79 Å². The third-order valence-corrected chi connectivity index (χ3v) is 5.53. The largest absolute Gasteiger partial charge is 0.351 e. The number of nitrogens with two attached hydrogens (primary N) is 1. The molecule has 0 aliphatic heterocycles. The van der Waals surface area contributed by atoms with E-state index in [1.165, 1.54) is 18.6 Å². The summed E-state index contributed by atoms with van der Waals surface area (Å²) in [4.78, 5) is 12.1. The van der Waals surface area contributed by atoms with Crippen molar-refractivity contribution < 1.29 is 13.2 Å². The lowest BCUT2D eigenvalue weighted by atomic mass is 9.70. The molecule has 116 valence electrons. The van der Waals surface area contributed by atoms with E-state index in [1.54, 1.807) is 6.92 Å². The predicted octanol–water partition coefficient (Wildman–Crippen LogP) is 2.22. The molecule has 1 saturated carbocycles. The highest BCUT2D eigenvalue weighted by atomic mass is 35.5. The van der Waals surface area contributed by atoms with E-state index < -0.39 is 10.0 Å². The highest BCUT2D eigenvalue weighted by Crippen LogP contribution is 2.39. The molecule has 2 rings (SSSR count). The van der Waals surface area contributed by atoms with Crippen LogP contribution in [0.25, 0.3) is 0 Å². The molecule has 21 heavy (non-hydrogen) atoms. The number of nitrogens with one attached hydrogen (secondary N) is 1. The van der Waals surface area contributed by atoms with E-state index in [2.05, 4.69) is 12.2 Å². The maximum atomic E-state index is 12.2. The van der Waals surface area contributed by atoms with Gasteiger partial charge in [-0.2, -0.15) is 0 Å². The SMILES string of the molecule is Cc1c(Cl)cc(C(=O)NCC2(C)CCC2)cc1S(N)(=O)=O. The van der Waals surface area contributed by atoms with Gasteiger partial charge in [0.2, 0.25) is 10.0 Å². The Morgan fingerprint density at radius 1 is 1.43 bits per heavy atom. The van der Waals surface area contributed by atoms with Gasteiger partial charge in [0.1, 0.15) is 0 Å². The van der Waals surface area contributed by atoms with E-state index in [0.29, 0.717) is 12.1 Å². The van der Waals surface area contributed by atoms with Gasteiger partial charge in [-0.1, -0.05) is 24.9 Å². The Balaban J connectivity index is 2.23. The highest BCUT2D eigenvalue weighted by Gasteiger charge is 2.32. The minimum absolute atomic E-state index is 0.116. The van der Waals surface area contributed by atoms with Crippen molar-refractivity contribution in [2.45, 2.75) is 38.0 Å². The molecule has 0 atom stereocenters. The first-order valence-electron chi connectivity index (χ1n) is 6.74. The number of hydrogen-bond donors (Lipinski definition) is 2. The van der Waals surface area contributed by atoms with E-state index >= 15 is 0 Å². The van der Waals surface area contributed by atoms with Gasteiger partial charge in [-0.05, 0) is 42.9 Å². The van der Waals surface area contributed by atoms with Crippen LogP contribution in [0.2, 0.25) is 5.02 Å². The van der Waals surface area contributed by atoms with Crippen LogP contribution in [0.5, 0.6) is 0 Å². The standard InChI is InChI=1S/C14H19ClN2O3S/c1-9-11(15)6-10(7-12(9)21(16,19)20)13(18)17-8-14(2)4-3-5-14/h6-7H,3-5,8H2,1-2H3,(H,17,18)(H2,16,19,20). The fraction of sp³-hybridized carbons (Fsp3) is 0.500. The number of halogens is 1. The number of amides is 1. The summed E-state index contributed by atoms with van der Waals surface area (Å²) in [5.41, 5.74) is 0.701. The van der Waals surface area contributed by atoms with Gasteiger partial charge in [0.25, 0.3) is 5.91 Å². The van der Waals surface area contributed by atoms with Gasteiger partial charge in [-0.25, -0.2) is 13.6 Å². The first kappa shape index (κ1) is 16.3. The van der Waals surface area contributed by atoms with Crippen LogP contribution in [0.4, 0.5) is 0 Å². The molecule has 0 radical (unpaired) electrons. The average molecular weight is 331 g/mol. The topological polar surface area (TPSA) is 89.3 Å². The summed E-state index contributed by atoms with van der Waals surface area (Å²) in [6.07, 6.45) is 3.35. The third-order valence-electron chi connectivity index (χ3n) is 4.10. The molecule has 0 heterocycles. The monoisotopic (exact) mass is 330 g/mol. The Hall–Kier alpha value is -1.11. The summed E-state index contributed by atoms with van der Waals surface area (Å²) >= 11 is 6.00. The van der Waals surface area contributed by atoms with Gasteiger partial charge in [0.15, 0.2) is 0 Å². The zero-order valence-corrected chi connectivity index (χ0v) is 13.6. The number of primary sulfonamides is 1. The number of hydrogen-bond acceptors (Lipinski definition) is 3. The van der Waals surface area contributed by atoms with Crippen molar-refractivity contribution in [3.8, 4) is 0 Å². The normalized spacial score (nSPS) is 17.1. The van der Waals surface area contributed by atoms with Gasteiger partial charge in [0, 0.05) is 17.1 Å². The van der Waals surface area contributed by atoms with Crippen LogP contribution in [-0.2, 0) is 10.0 Å². The molecule has 1 aliphatic rings. The van der Waals surface area contributed by atoms with E-state index in [-0.39, 0.29) is 26.8 Å². The molecule has 1 aromatic carbocycles. The smallest absolute Gasteiger partial charge is 0.251 e. The minimum Gasteiger partial charge on any atom is -0.351 e. The molecule has 1 aliphatic carbocycles. The van der Waals surface area contributed by atoms with Gasteiger partial charge < -0.3 is 5.32 Å². The van der Waals surface area contributed by atoms with Gasteiger partial charge >= 0.3 is 0 Å². The lowest BCUT2D eigenvalue weighted by Gasteiger charge is -2.38. The Morgan fingerprint density at radius 2 is 2.05 bits per heavy atom. The first-order chi connectivity index (χ1) is 9.62. The van der Waals surface area contributed by atoms with Gasteiger partial charge in [-0.15, -0.1) is 0 Å². The van der Waals surface area contributed by atoms with Crippen LogP contribution in [-0.4, -0.2) is 20.9 Å². The zero-order valence-electron chi connectivity index (χ0n) is 12.1. The second kappa shape index (κ2) is 5.59. The van der Waals surface area contributed by atoms with E-state index in [1.807, 2.05) is 0 Å². The molecule has 0 saturated heterocycles. The van der Waals surface area contributed by atoms with Crippen LogP contribution >= 0.6 is 11.6 Å². The van der Waals surface area contributed by atoms with Crippen molar-refractivity contribution in [1.82, 2.24) is 5.32 Å². The van der Waals surface area contributed by atoms with Crippen molar-refractivity contribution in [3.63, 3.8) is 0 Å². The molecule has 1 amide bonds. The highest BCUT2D eigenvalue weighted by molar-refractivity contribution is 7.89. The fourth-order valence-electron chi connectivity index (χ4n) is 2.43. The molecule has 1 fully saturated rings. The minimum atomic E-state index is -3.91. The van der Waals surface area contributed by atoms with E-state index in [0.717, 1.165) is 12.8 Å². The van der Waals surface area contributed by atoms with E-state index in [9.17, 15) is 13.2 Å². The second-order valence-corrected chi connectivity index (χ2v) is 7.91. The van der Waals surface area contributed by atoms with E-state index in [4.69, 9.17) is 16.7 Å². The molecule has 0 bridgehead atoms. The summed E-state index contributed by atoms with van der Waals surface area (Å²) in [7, 11) is -3.91. The summed E-state index contributed by atoms with van der Waals surface area (Å²) in [5, 5.41) is 8.19.